The monoisotopic (exact) mass is 277 g/mol. The molecule has 0 saturated carbocycles. The van der Waals surface area contributed by atoms with Gasteiger partial charge in [0.25, 0.3) is 0 Å². The highest BCUT2D eigenvalue weighted by molar-refractivity contribution is 5.86. The minimum atomic E-state index is 0.370. The van der Waals surface area contributed by atoms with Crippen molar-refractivity contribution in [3.8, 4) is 11.3 Å². The Morgan fingerprint density at radius 2 is 1.90 bits per heavy atom. The molecule has 1 aliphatic rings. The second kappa shape index (κ2) is 5.01. The Labute approximate surface area is 124 Å². The third-order valence-electron chi connectivity index (χ3n) is 4.36. The van der Waals surface area contributed by atoms with Crippen molar-refractivity contribution in [2.24, 2.45) is 0 Å². The summed E-state index contributed by atoms with van der Waals surface area (Å²) < 4.78 is 0. The number of rotatable bonds is 2. The zero-order valence-corrected chi connectivity index (χ0v) is 12.1. The van der Waals surface area contributed by atoms with Crippen LogP contribution in [0.3, 0.4) is 0 Å². The van der Waals surface area contributed by atoms with E-state index < -0.39 is 0 Å². The minimum Gasteiger partial charge on any atom is -0.341 e. The molecular formula is C18H19N3. The number of imidazole rings is 1. The van der Waals surface area contributed by atoms with E-state index in [1.54, 1.807) is 0 Å². The Morgan fingerprint density at radius 3 is 2.71 bits per heavy atom. The lowest BCUT2D eigenvalue weighted by molar-refractivity contribution is 0.564. The SMILES string of the molecule is C[C@H]1CC[C@@H](c2ncc(-c3ccc4ccccc4c3)[nH]2)N1. The summed E-state index contributed by atoms with van der Waals surface area (Å²) in [5.74, 6) is 1.06. The molecule has 2 N–H and O–H groups in total. The summed E-state index contributed by atoms with van der Waals surface area (Å²) in [6.45, 7) is 2.23. The number of H-pyrrole nitrogens is 1. The van der Waals surface area contributed by atoms with E-state index in [0.29, 0.717) is 12.1 Å². The van der Waals surface area contributed by atoms with E-state index >= 15 is 0 Å². The lowest BCUT2D eigenvalue weighted by Gasteiger charge is -2.08. The average Bonchev–Trinajstić information content (AvgIpc) is 3.15. The molecule has 0 spiro atoms. The fraction of sp³-hybridized carbons (Fsp3) is 0.278. The molecule has 3 nitrogen and oxygen atoms in total. The van der Waals surface area contributed by atoms with Gasteiger partial charge in [0.15, 0.2) is 0 Å². The minimum absolute atomic E-state index is 0.370. The fourth-order valence-corrected chi connectivity index (χ4v) is 3.16. The van der Waals surface area contributed by atoms with E-state index in [1.165, 1.54) is 22.8 Å². The second-order valence-corrected chi connectivity index (χ2v) is 5.94. The molecule has 4 rings (SSSR count). The van der Waals surface area contributed by atoms with Crippen LogP contribution < -0.4 is 5.32 Å². The van der Waals surface area contributed by atoms with Crippen molar-refractivity contribution in [3.05, 3.63) is 54.5 Å². The van der Waals surface area contributed by atoms with E-state index in [0.717, 1.165) is 17.9 Å². The molecule has 0 unspecified atom stereocenters. The maximum Gasteiger partial charge on any atom is 0.123 e. The van der Waals surface area contributed by atoms with Crippen molar-refractivity contribution in [3.63, 3.8) is 0 Å². The largest absolute Gasteiger partial charge is 0.341 e. The number of hydrogen-bond acceptors (Lipinski definition) is 2. The van der Waals surface area contributed by atoms with Gasteiger partial charge in [0.05, 0.1) is 17.9 Å². The van der Waals surface area contributed by atoms with Crippen LogP contribution in [0, 0.1) is 0 Å². The van der Waals surface area contributed by atoms with Crippen LogP contribution in [0.5, 0.6) is 0 Å². The maximum absolute atomic E-state index is 4.57. The van der Waals surface area contributed by atoms with E-state index in [1.807, 2.05) is 6.20 Å². The van der Waals surface area contributed by atoms with Gasteiger partial charge in [-0.3, -0.25) is 0 Å². The molecule has 2 atom stereocenters. The normalized spacial score (nSPS) is 22.0. The number of nitrogens with one attached hydrogen (secondary N) is 2. The highest BCUT2D eigenvalue weighted by Crippen LogP contribution is 2.27. The van der Waals surface area contributed by atoms with Crippen LogP contribution in [0.2, 0.25) is 0 Å². The summed E-state index contributed by atoms with van der Waals surface area (Å²) in [6, 6.07) is 15.9. The summed E-state index contributed by atoms with van der Waals surface area (Å²) in [4.78, 5) is 8.05. The zero-order valence-electron chi connectivity index (χ0n) is 12.1. The van der Waals surface area contributed by atoms with Crippen molar-refractivity contribution in [2.45, 2.75) is 31.8 Å². The second-order valence-electron chi connectivity index (χ2n) is 5.94. The number of benzene rings is 2. The fourth-order valence-electron chi connectivity index (χ4n) is 3.16. The lowest BCUT2D eigenvalue weighted by Crippen LogP contribution is -2.21. The number of nitrogens with zero attached hydrogens (tertiary/aromatic N) is 1. The Hall–Kier alpha value is -2.13. The Kier molecular flexibility index (Phi) is 3.00. The van der Waals surface area contributed by atoms with Gasteiger partial charge in [0.1, 0.15) is 5.82 Å². The van der Waals surface area contributed by atoms with Crippen molar-refractivity contribution in [2.75, 3.05) is 0 Å². The van der Waals surface area contributed by atoms with E-state index in [4.69, 9.17) is 0 Å². The summed E-state index contributed by atoms with van der Waals surface area (Å²) in [7, 11) is 0. The third-order valence-corrected chi connectivity index (χ3v) is 4.36. The first kappa shape index (κ1) is 12.6. The highest BCUT2D eigenvalue weighted by Gasteiger charge is 2.23. The van der Waals surface area contributed by atoms with Gasteiger partial charge < -0.3 is 10.3 Å². The first-order valence-electron chi connectivity index (χ1n) is 7.60. The van der Waals surface area contributed by atoms with Gasteiger partial charge in [-0.2, -0.15) is 0 Å². The molecule has 0 bridgehead atoms. The molecule has 0 amide bonds. The standard InChI is InChI=1S/C18H19N3/c1-12-6-9-16(20-12)18-19-11-17(21-18)15-8-7-13-4-2-3-5-14(13)10-15/h2-5,7-8,10-12,16,20H,6,9H2,1H3,(H,19,21)/t12-,16-/m0/s1. The molecule has 1 saturated heterocycles. The number of hydrogen-bond donors (Lipinski definition) is 2. The predicted octanol–water partition coefficient (Wildman–Crippen LogP) is 4.04. The molecule has 1 aliphatic heterocycles. The molecule has 0 radical (unpaired) electrons. The summed E-state index contributed by atoms with van der Waals surface area (Å²) >= 11 is 0. The van der Waals surface area contributed by atoms with Gasteiger partial charge >= 0.3 is 0 Å². The predicted molar refractivity (Wildman–Crippen MR) is 86.1 cm³/mol. The van der Waals surface area contributed by atoms with Gasteiger partial charge in [0.2, 0.25) is 0 Å². The van der Waals surface area contributed by atoms with Gasteiger partial charge in [0, 0.05) is 11.6 Å². The Morgan fingerprint density at radius 1 is 1.05 bits per heavy atom. The molecular weight excluding hydrogens is 258 g/mol. The number of aromatic amines is 1. The molecule has 2 heterocycles. The van der Waals surface area contributed by atoms with Crippen LogP contribution in [0.4, 0.5) is 0 Å². The molecule has 2 aromatic carbocycles. The molecule has 21 heavy (non-hydrogen) atoms. The topological polar surface area (TPSA) is 40.7 Å². The molecule has 3 aromatic rings. The molecule has 106 valence electrons. The van der Waals surface area contributed by atoms with E-state index in [9.17, 15) is 0 Å². The number of aromatic nitrogens is 2. The Balaban J connectivity index is 1.67. The van der Waals surface area contributed by atoms with Crippen molar-refractivity contribution in [1.82, 2.24) is 15.3 Å². The van der Waals surface area contributed by atoms with Crippen LogP contribution in [-0.4, -0.2) is 16.0 Å². The molecule has 1 aromatic heterocycles. The van der Waals surface area contributed by atoms with Crippen LogP contribution in [0.1, 0.15) is 31.6 Å². The van der Waals surface area contributed by atoms with E-state index in [-0.39, 0.29) is 0 Å². The average molecular weight is 277 g/mol. The van der Waals surface area contributed by atoms with E-state index in [2.05, 4.69) is 64.7 Å². The lowest BCUT2D eigenvalue weighted by atomic mass is 10.1. The maximum atomic E-state index is 4.57. The quantitative estimate of drug-likeness (QED) is 0.742. The van der Waals surface area contributed by atoms with Crippen molar-refractivity contribution >= 4 is 10.8 Å². The number of fused-ring (bicyclic) bond motifs is 1. The first-order valence-corrected chi connectivity index (χ1v) is 7.60. The Bertz CT molecular complexity index is 775. The van der Waals surface area contributed by atoms with Gasteiger partial charge in [-0.15, -0.1) is 0 Å². The zero-order chi connectivity index (χ0) is 14.2. The van der Waals surface area contributed by atoms with Crippen LogP contribution in [-0.2, 0) is 0 Å². The highest BCUT2D eigenvalue weighted by atomic mass is 15.1. The van der Waals surface area contributed by atoms with Crippen LogP contribution in [0.15, 0.2) is 48.7 Å². The molecule has 0 aliphatic carbocycles. The smallest absolute Gasteiger partial charge is 0.123 e. The van der Waals surface area contributed by atoms with Crippen LogP contribution in [0.25, 0.3) is 22.0 Å². The summed E-state index contributed by atoms with van der Waals surface area (Å²) in [5, 5.41) is 6.10. The van der Waals surface area contributed by atoms with Gasteiger partial charge in [-0.05, 0) is 36.6 Å². The van der Waals surface area contributed by atoms with Gasteiger partial charge in [-0.25, -0.2) is 4.98 Å². The van der Waals surface area contributed by atoms with Crippen LogP contribution >= 0.6 is 0 Å². The van der Waals surface area contributed by atoms with Gasteiger partial charge in [-0.1, -0.05) is 36.4 Å². The summed E-state index contributed by atoms with van der Waals surface area (Å²) in [6.07, 6.45) is 4.33. The molecule has 3 heteroatoms. The first-order chi connectivity index (χ1) is 10.3. The van der Waals surface area contributed by atoms with Crippen molar-refractivity contribution < 1.29 is 0 Å². The molecule has 1 fully saturated rings. The third kappa shape index (κ3) is 2.34. The summed E-state index contributed by atoms with van der Waals surface area (Å²) in [5.41, 5.74) is 2.29. The van der Waals surface area contributed by atoms with Crippen molar-refractivity contribution in [1.29, 1.82) is 0 Å².